The first kappa shape index (κ1) is 18.6. The summed E-state index contributed by atoms with van der Waals surface area (Å²) in [6.07, 6.45) is 0. The molecule has 33 heavy (non-hydrogen) atoms. The summed E-state index contributed by atoms with van der Waals surface area (Å²) in [5, 5.41) is 1.04. The molecule has 0 saturated heterocycles. The third-order valence-corrected chi connectivity index (χ3v) is 7.09. The fraction of sp³-hybridized carbons (Fsp3) is 0.0357. The lowest BCUT2D eigenvalue weighted by molar-refractivity contribution is 0.894. The molecule has 7 rings (SSSR count). The van der Waals surface area contributed by atoms with E-state index in [-0.39, 0.29) is 0 Å². The monoisotopic (exact) mass is 442 g/mol. The zero-order valence-electron chi connectivity index (χ0n) is 17.6. The van der Waals surface area contributed by atoms with E-state index >= 15 is 0 Å². The van der Waals surface area contributed by atoms with Gasteiger partial charge in [0.05, 0.1) is 39.1 Å². The fourth-order valence-electron chi connectivity index (χ4n) is 4.52. The van der Waals surface area contributed by atoms with Gasteiger partial charge in [-0.25, -0.2) is 15.0 Å². The van der Waals surface area contributed by atoms with Crippen LogP contribution in [-0.4, -0.2) is 19.5 Å². The number of thioether (sulfide) groups is 1. The van der Waals surface area contributed by atoms with Gasteiger partial charge in [0.1, 0.15) is 0 Å². The highest BCUT2D eigenvalue weighted by Gasteiger charge is 2.22. The molecule has 0 bridgehead atoms. The van der Waals surface area contributed by atoms with E-state index in [0.29, 0.717) is 0 Å². The van der Waals surface area contributed by atoms with Crippen molar-refractivity contribution in [3.05, 3.63) is 103 Å². The molecule has 4 nitrogen and oxygen atoms in total. The smallest absolute Gasteiger partial charge is 0.174 e. The van der Waals surface area contributed by atoms with Crippen LogP contribution in [0.3, 0.4) is 0 Å². The molecule has 2 aromatic heterocycles. The van der Waals surface area contributed by atoms with Gasteiger partial charge < -0.3 is 0 Å². The van der Waals surface area contributed by atoms with Crippen LogP contribution in [0.1, 0.15) is 5.56 Å². The van der Waals surface area contributed by atoms with Gasteiger partial charge in [0, 0.05) is 16.9 Å². The molecule has 1 aliphatic heterocycles. The molecule has 5 heteroatoms. The molecule has 0 radical (unpaired) electrons. The Morgan fingerprint density at radius 1 is 0.606 bits per heavy atom. The number of para-hydroxylation sites is 4. The van der Waals surface area contributed by atoms with E-state index in [2.05, 4.69) is 53.1 Å². The summed E-state index contributed by atoms with van der Waals surface area (Å²) in [4.78, 5) is 15.0. The number of benzene rings is 4. The standard InChI is InChI=1S/C28H18N4S/c1-2-8-18(9-3-1)26-27(30-22-11-5-4-10-21(22)29-26)19-14-15-20-17-33-28-31-23-12-6-7-13-24(23)32(28)25(20)16-19/h1-16H,17H2. The Bertz CT molecular complexity index is 1670. The van der Waals surface area contributed by atoms with Crippen molar-refractivity contribution in [2.24, 2.45) is 0 Å². The predicted octanol–water partition coefficient (Wildman–Crippen LogP) is 6.91. The van der Waals surface area contributed by atoms with Gasteiger partial charge in [0.25, 0.3) is 0 Å². The summed E-state index contributed by atoms with van der Waals surface area (Å²) < 4.78 is 2.28. The largest absolute Gasteiger partial charge is 0.287 e. The van der Waals surface area contributed by atoms with Crippen LogP contribution < -0.4 is 0 Å². The van der Waals surface area contributed by atoms with Crippen LogP contribution >= 0.6 is 11.8 Å². The van der Waals surface area contributed by atoms with E-state index in [4.69, 9.17) is 15.0 Å². The van der Waals surface area contributed by atoms with Crippen LogP contribution in [0.2, 0.25) is 0 Å². The van der Waals surface area contributed by atoms with Crippen molar-refractivity contribution in [3.8, 4) is 28.2 Å². The van der Waals surface area contributed by atoms with Gasteiger partial charge in [0.2, 0.25) is 0 Å². The lowest BCUT2D eigenvalue weighted by Gasteiger charge is -2.20. The summed E-state index contributed by atoms with van der Waals surface area (Å²) in [7, 11) is 0. The molecule has 4 aromatic carbocycles. The maximum Gasteiger partial charge on any atom is 0.174 e. The Labute approximate surface area is 195 Å². The highest BCUT2D eigenvalue weighted by Crippen LogP contribution is 2.40. The average Bonchev–Trinajstić information content (AvgIpc) is 3.27. The third kappa shape index (κ3) is 2.97. The fourth-order valence-corrected chi connectivity index (χ4v) is 5.53. The van der Waals surface area contributed by atoms with Crippen LogP contribution in [0, 0.1) is 0 Å². The SMILES string of the molecule is c1ccc(-c2nc3ccccc3nc2-c2ccc3c(c2)-n2c(nc4ccccc42)SC3)cc1. The molecular formula is C28H18N4S. The minimum Gasteiger partial charge on any atom is -0.287 e. The second-order valence-electron chi connectivity index (χ2n) is 8.13. The molecule has 0 N–H and O–H groups in total. The van der Waals surface area contributed by atoms with Crippen molar-refractivity contribution in [1.29, 1.82) is 0 Å². The number of nitrogens with zero attached hydrogens (tertiary/aromatic N) is 4. The molecule has 0 atom stereocenters. The summed E-state index contributed by atoms with van der Waals surface area (Å²) in [6.45, 7) is 0. The molecule has 0 fully saturated rings. The zero-order chi connectivity index (χ0) is 21.8. The Balaban J connectivity index is 1.49. The van der Waals surface area contributed by atoms with E-state index in [9.17, 15) is 0 Å². The van der Waals surface area contributed by atoms with Gasteiger partial charge in [-0.2, -0.15) is 0 Å². The Kier molecular flexibility index (Phi) is 4.11. The molecule has 0 aliphatic carbocycles. The summed E-state index contributed by atoms with van der Waals surface area (Å²) >= 11 is 1.78. The number of hydrogen-bond donors (Lipinski definition) is 0. The first-order chi connectivity index (χ1) is 16.3. The van der Waals surface area contributed by atoms with Crippen LogP contribution in [-0.2, 0) is 5.75 Å². The van der Waals surface area contributed by atoms with E-state index < -0.39 is 0 Å². The van der Waals surface area contributed by atoms with E-state index in [1.807, 2.05) is 48.5 Å². The highest BCUT2D eigenvalue weighted by molar-refractivity contribution is 7.98. The number of imidazole rings is 1. The second-order valence-corrected chi connectivity index (χ2v) is 9.07. The molecule has 6 aromatic rings. The second kappa shape index (κ2) is 7.29. The van der Waals surface area contributed by atoms with Crippen LogP contribution in [0.4, 0.5) is 0 Å². The van der Waals surface area contributed by atoms with Gasteiger partial charge in [0.15, 0.2) is 5.16 Å². The van der Waals surface area contributed by atoms with Gasteiger partial charge in [-0.15, -0.1) is 0 Å². The first-order valence-corrected chi connectivity index (χ1v) is 11.9. The highest BCUT2D eigenvalue weighted by atomic mass is 32.2. The van der Waals surface area contributed by atoms with Crippen molar-refractivity contribution in [2.45, 2.75) is 10.9 Å². The Hall–Kier alpha value is -3.96. The third-order valence-electron chi connectivity index (χ3n) is 6.10. The minimum absolute atomic E-state index is 0.895. The first-order valence-electron chi connectivity index (χ1n) is 10.9. The maximum absolute atomic E-state index is 5.08. The van der Waals surface area contributed by atoms with Crippen LogP contribution in [0.25, 0.3) is 50.3 Å². The van der Waals surface area contributed by atoms with Gasteiger partial charge >= 0.3 is 0 Å². The lowest BCUT2D eigenvalue weighted by atomic mass is 10.0. The Morgan fingerprint density at radius 2 is 1.27 bits per heavy atom. The van der Waals surface area contributed by atoms with Crippen molar-refractivity contribution in [1.82, 2.24) is 19.5 Å². The molecule has 156 valence electrons. The number of aromatic nitrogens is 4. The van der Waals surface area contributed by atoms with Crippen molar-refractivity contribution in [2.75, 3.05) is 0 Å². The van der Waals surface area contributed by atoms with Gasteiger partial charge in [-0.3, -0.25) is 4.57 Å². The quantitative estimate of drug-likeness (QED) is 0.292. The normalized spacial score (nSPS) is 12.6. The van der Waals surface area contributed by atoms with Crippen LogP contribution in [0.5, 0.6) is 0 Å². The van der Waals surface area contributed by atoms with E-state index in [0.717, 1.165) is 55.5 Å². The van der Waals surface area contributed by atoms with Crippen molar-refractivity contribution < 1.29 is 0 Å². The van der Waals surface area contributed by atoms with Crippen molar-refractivity contribution in [3.63, 3.8) is 0 Å². The molecular weight excluding hydrogens is 424 g/mol. The molecule has 0 spiro atoms. The maximum atomic E-state index is 5.08. The number of hydrogen-bond acceptors (Lipinski definition) is 4. The number of rotatable bonds is 2. The molecule has 1 aliphatic rings. The lowest BCUT2D eigenvalue weighted by Crippen LogP contribution is -2.06. The molecule has 0 unspecified atom stereocenters. The minimum atomic E-state index is 0.895. The number of fused-ring (bicyclic) bond motifs is 6. The topological polar surface area (TPSA) is 43.6 Å². The van der Waals surface area contributed by atoms with E-state index in [1.54, 1.807) is 11.8 Å². The zero-order valence-corrected chi connectivity index (χ0v) is 18.5. The Morgan fingerprint density at radius 3 is 2.06 bits per heavy atom. The predicted molar refractivity (Wildman–Crippen MR) is 135 cm³/mol. The molecule has 3 heterocycles. The summed E-state index contributed by atoms with van der Waals surface area (Å²) in [5.74, 6) is 0.911. The van der Waals surface area contributed by atoms with Crippen LogP contribution in [0.15, 0.2) is 102 Å². The van der Waals surface area contributed by atoms with Gasteiger partial charge in [-0.1, -0.05) is 78.5 Å². The van der Waals surface area contributed by atoms with Crippen molar-refractivity contribution >= 4 is 33.8 Å². The van der Waals surface area contributed by atoms with Gasteiger partial charge in [-0.05, 0) is 35.9 Å². The molecule has 0 saturated carbocycles. The summed E-state index contributed by atoms with van der Waals surface area (Å²) in [5.41, 5.74) is 10.3. The van der Waals surface area contributed by atoms with E-state index in [1.165, 1.54) is 11.3 Å². The molecule has 0 amide bonds. The average molecular weight is 443 g/mol. The summed E-state index contributed by atoms with van der Waals surface area (Å²) in [6, 6.07) is 33.3.